The minimum Gasteiger partial charge on any atom is -0.307 e. The zero-order valence-corrected chi connectivity index (χ0v) is 16.6. The molecule has 0 amide bonds. The van der Waals surface area contributed by atoms with Crippen molar-refractivity contribution in [2.75, 3.05) is 0 Å². The van der Waals surface area contributed by atoms with Gasteiger partial charge in [-0.1, -0.05) is 69.9 Å². The summed E-state index contributed by atoms with van der Waals surface area (Å²) in [5.74, 6) is 0. The third-order valence-corrected chi connectivity index (χ3v) is 5.52. The highest BCUT2D eigenvalue weighted by atomic mass is 32.2. The minimum atomic E-state index is -4.25. The quantitative estimate of drug-likeness (QED) is 0.470. The van der Waals surface area contributed by atoms with Gasteiger partial charge in [-0.25, -0.2) is 0 Å². The van der Waals surface area contributed by atoms with Crippen LogP contribution in [0, 0.1) is 0 Å². The SMILES string of the molecule is C=O.CCCCCc1cc2ccccc2c(S(=O)(=O)O)c1CCCCC. The number of carbonyl (C=O) groups is 1. The van der Waals surface area contributed by atoms with Crippen LogP contribution in [0.3, 0.4) is 0 Å². The van der Waals surface area contributed by atoms with Crippen LogP contribution < -0.4 is 0 Å². The van der Waals surface area contributed by atoms with E-state index < -0.39 is 10.1 Å². The molecule has 0 aromatic heterocycles. The molecule has 1 N–H and O–H groups in total. The molecule has 5 heteroatoms. The number of hydrogen-bond donors (Lipinski definition) is 1. The molecule has 0 aliphatic heterocycles. The van der Waals surface area contributed by atoms with Crippen LogP contribution in [0.15, 0.2) is 35.2 Å². The van der Waals surface area contributed by atoms with Gasteiger partial charge in [-0.3, -0.25) is 4.55 Å². The minimum absolute atomic E-state index is 0.128. The Hall–Kier alpha value is -1.72. The number of hydrogen-bond acceptors (Lipinski definition) is 3. The molecule has 2 rings (SSSR count). The lowest BCUT2D eigenvalue weighted by Gasteiger charge is -2.16. The molecule has 2 aromatic rings. The number of rotatable bonds is 9. The monoisotopic (exact) mass is 378 g/mol. The maximum atomic E-state index is 12.1. The highest BCUT2D eigenvalue weighted by molar-refractivity contribution is 7.86. The Morgan fingerprint density at radius 1 is 0.923 bits per heavy atom. The van der Waals surface area contributed by atoms with Crippen molar-refractivity contribution in [3.63, 3.8) is 0 Å². The first kappa shape index (κ1) is 22.3. The number of benzene rings is 2. The van der Waals surface area contributed by atoms with Gasteiger partial charge in [0, 0.05) is 5.39 Å². The van der Waals surface area contributed by atoms with Crippen molar-refractivity contribution in [1.82, 2.24) is 0 Å². The normalized spacial score (nSPS) is 11.2. The van der Waals surface area contributed by atoms with Crippen molar-refractivity contribution in [3.8, 4) is 0 Å². The lowest BCUT2D eigenvalue weighted by molar-refractivity contribution is -0.0980. The van der Waals surface area contributed by atoms with Gasteiger partial charge in [0.05, 0.1) is 0 Å². The Labute approximate surface area is 157 Å². The van der Waals surface area contributed by atoms with E-state index in [9.17, 15) is 13.0 Å². The summed E-state index contributed by atoms with van der Waals surface area (Å²) in [6.07, 6.45) is 7.95. The summed E-state index contributed by atoms with van der Waals surface area (Å²) >= 11 is 0. The number of aryl methyl sites for hydroxylation is 1. The van der Waals surface area contributed by atoms with Crippen LogP contribution in [0.25, 0.3) is 10.8 Å². The molecule has 0 radical (unpaired) electrons. The van der Waals surface area contributed by atoms with Gasteiger partial charge in [0.2, 0.25) is 0 Å². The average Bonchev–Trinajstić information content (AvgIpc) is 2.62. The zero-order chi connectivity index (χ0) is 19.6. The Morgan fingerprint density at radius 3 is 2.08 bits per heavy atom. The van der Waals surface area contributed by atoms with Gasteiger partial charge >= 0.3 is 0 Å². The molecule has 0 saturated carbocycles. The van der Waals surface area contributed by atoms with Crippen LogP contribution in [-0.2, 0) is 27.8 Å². The molecule has 4 nitrogen and oxygen atoms in total. The van der Waals surface area contributed by atoms with Crippen LogP contribution >= 0.6 is 0 Å². The molecule has 2 aromatic carbocycles. The number of unbranched alkanes of at least 4 members (excludes halogenated alkanes) is 4. The van der Waals surface area contributed by atoms with E-state index >= 15 is 0 Å². The highest BCUT2D eigenvalue weighted by Gasteiger charge is 2.22. The molecule has 144 valence electrons. The predicted molar refractivity (Wildman–Crippen MR) is 107 cm³/mol. The van der Waals surface area contributed by atoms with E-state index in [4.69, 9.17) is 4.79 Å². The second-order valence-corrected chi connectivity index (χ2v) is 7.81. The van der Waals surface area contributed by atoms with Gasteiger partial charge in [-0.05, 0) is 42.2 Å². The first-order valence-corrected chi connectivity index (χ1v) is 10.7. The predicted octanol–water partition coefficient (Wildman–Crippen LogP) is 5.37. The van der Waals surface area contributed by atoms with Crippen molar-refractivity contribution in [2.45, 2.75) is 70.1 Å². The molecule has 0 bridgehead atoms. The molecular weight excluding hydrogens is 348 g/mol. The van der Waals surface area contributed by atoms with Crippen LogP contribution in [0.5, 0.6) is 0 Å². The summed E-state index contributed by atoms with van der Waals surface area (Å²) < 4.78 is 34.2. The van der Waals surface area contributed by atoms with E-state index in [1.54, 1.807) is 6.07 Å². The molecular formula is C21H30O4S. The molecule has 0 saturated heterocycles. The maximum Gasteiger partial charge on any atom is 0.295 e. The first-order valence-electron chi connectivity index (χ1n) is 9.28. The molecule has 0 heterocycles. The van der Waals surface area contributed by atoms with E-state index in [0.717, 1.165) is 61.5 Å². The van der Waals surface area contributed by atoms with Crippen LogP contribution in [0.2, 0.25) is 0 Å². The van der Waals surface area contributed by atoms with E-state index in [0.29, 0.717) is 11.8 Å². The largest absolute Gasteiger partial charge is 0.307 e. The fraction of sp³-hybridized carbons (Fsp3) is 0.476. The third kappa shape index (κ3) is 5.92. The lowest BCUT2D eigenvalue weighted by Crippen LogP contribution is -2.08. The molecule has 0 spiro atoms. The number of carbonyl (C=O) groups excluding carboxylic acids is 1. The second kappa shape index (κ2) is 11.1. The van der Waals surface area contributed by atoms with Crippen molar-refractivity contribution in [1.29, 1.82) is 0 Å². The molecule has 0 fully saturated rings. The summed E-state index contributed by atoms with van der Waals surface area (Å²) in [4.78, 5) is 8.13. The molecule has 0 aliphatic rings. The van der Waals surface area contributed by atoms with Crippen molar-refractivity contribution < 1.29 is 17.8 Å². The van der Waals surface area contributed by atoms with Gasteiger partial charge in [-0.15, -0.1) is 0 Å². The van der Waals surface area contributed by atoms with E-state index in [2.05, 4.69) is 19.9 Å². The summed E-state index contributed by atoms with van der Waals surface area (Å²) in [5, 5.41) is 1.52. The second-order valence-electron chi connectivity index (χ2n) is 6.45. The van der Waals surface area contributed by atoms with Gasteiger partial charge in [0.15, 0.2) is 0 Å². The Morgan fingerprint density at radius 2 is 1.50 bits per heavy atom. The first-order chi connectivity index (χ1) is 12.5. The topological polar surface area (TPSA) is 71.4 Å². The van der Waals surface area contributed by atoms with Gasteiger partial charge in [-0.2, -0.15) is 8.42 Å². The van der Waals surface area contributed by atoms with Crippen molar-refractivity contribution >= 4 is 27.7 Å². The molecule has 0 atom stereocenters. The van der Waals surface area contributed by atoms with E-state index in [1.807, 2.05) is 25.0 Å². The van der Waals surface area contributed by atoms with Gasteiger partial charge in [0.1, 0.15) is 11.7 Å². The smallest absolute Gasteiger partial charge is 0.295 e. The van der Waals surface area contributed by atoms with Gasteiger partial charge < -0.3 is 4.79 Å². The van der Waals surface area contributed by atoms with E-state index in [1.165, 1.54) is 0 Å². The lowest BCUT2D eigenvalue weighted by atomic mass is 9.93. The average molecular weight is 379 g/mol. The Balaban J connectivity index is 0.00000163. The Kier molecular flexibility index (Phi) is 9.52. The van der Waals surface area contributed by atoms with Crippen molar-refractivity contribution in [2.24, 2.45) is 0 Å². The molecule has 0 unspecified atom stereocenters. The van der Waals surface area contributed by atoms with Crippen molar-refractivity contribution in [3.05, 3.63) is 41.5 Å². The standard InChI is InChI=1S/C20H28O3S.CH2O/c1-3-5-7-11-16-15-17-12-9-10-14-19(17)20(24(21,22)23)18(16)13-8-6-4-2;1-2/h9-10,12,14-15H,3-8,11,13H2,1-2H3,(H,21,22,23);1H2. The van der Waals surface area contributed by atoms with Crippen LogP contribution in [0.4, 0.5) is 0 Å². The highest BCUT2D eigenvalue weighted by Crippen LogP contribution is 2.32. The molecule has 0 aliphatic carbocycles. The fourth-order valence-corrected chi connectivity index (χ4v) is 4.33. The van der Waals surface area contributed by atoms with Crippen LogP contribution in [-0.4, -0.2) is 19.8 Å². The summed E-state index contributed by atoms with van der Waals surface area (Å²) in [5.41, 5.74) is 1.90. The fourth-order valence-electron chi connectivity index (χ4n) is 3.32. The summed E-state index contributed by atoms with van der Waals surface area (Å²) in [6, 6.07) is 9.55. The molecule has 26 heavy (non-hydrogen) atoms. The van der Waals surface area contributed by atoms with Crippen LogP contribution in [0.1, 0.15) is 63.5 Å². The maximum absolute atomic E-state index is 12.1. The Bertz CT molecular complexity index is 797. The summed E-state index contributed by atoms with van der Waals surface area (Å²) in [6.45, 7) is 6.29. The number of fused-ring (bicyclic) bond motifs is 1. The third-order valence-electron chi connectivity index (χ3n) is 4.53. The zero-order valence-electron chi connectivity index (χ0n) is 15.8. The van der Waals surface area contributed by atoms with Gasteiger partial charge in [0.25, 0.3) is 10.1 Å². The van der Waals surface area contributed by atoms with E-state index in [-0.39, 0.29) is 4.90 Å². The summed E-state index contributed by atoms with van der Waals surface area (Å²) in [7, 11) is -4.25.